The molecule has 0 radical (unpaired) electrons. The Labute approximate surface area is 172 Å². The lowest BCUT2D eigenvalue weighted by Gasteiger charge is -2.09. The van der Waals surface area contributed by atoms with E-state index in [4.69, 9.17) is 9.15 Å². The molecule has 2 aromatic heterocycles. The Hall–Kier alpha value is -4.06. The highest BCUT2D eigenvalue weighted by Crippen LogP contribution is 2.36. The monoisotopic (exact) mass is 398 g/mol. The van der Waals surface area contributed by atoms with Crippen LogP contribution in [0, 0.1) is 0 Å². The predicted octanol–water partition coefficient (Wildman–Crippen LogP) is 4.58. The van der Waals surface area contributed by atoms with Crippen molar-refractivity contribution in [1.29, 1.82) is 0 Å². The topological polar surface area (TPSA) is 60.3 Å². The maximum atomic E-state index is 12.8. The zero-order valence-corrected chi connectivity index (χ0v) is 16.5. The minimum absolute atomic E-state index is 0.155. The van der Waals surface area contributed by atoms with Crippen LogP contribution in [0.15, 0.2) is 78.0 Å². The smallest absolute Gasteiger partial charge is 0.266 e. The number of aromatic nitrogens is 2. The molecular formula is C24H20N3O3+. The van der Waals surface area contributed by atoms with Crippen molar-refractivity contribution in [2.75, 3.05) is 12.4 Å². The number of nitrogens with zero attached hydrogens (tertiary/aromatic N) is 2. The molecule has 6 nitrogen and oxygen atoms in total. The lowest BCUT2D eigenvalue weighted by atomic mass is 10.1. The molecule has 30 heavy (non-hydrogen) atoms. The SMILES string of the molecule is C=Cn1c[n+](CC(=O)Nc2cc3oc4ccccc4c3cc2OC)c2ccccc21. The molecule has 5 aromatic rings. The van der Waals surface area contributed by atoms with E-state index in [1.807, 2.05) is 76.1 Å². The molecule has 2 heterocycles. The molecule has 0 fully saturated rings. The van der Waals surface area contributed by atoms with Crippen LogP contribution >= 0.6 is 0 Å². The second kappa shape index (κ2) is 7.08. The standard InChI is InChI=1S/C24H19N3O3/c1-3-26-15-27(20-10-6-5-9-19(20)26)14-24(28)25-18-13-22-17(12-23(18)29-2)16-8-4-7-11-21(16)30-22/h3-13,15H,1,14H2,2H3/p+1. The number of amides is 1. The van der Waals surface area contributed by atoms with Crippen molar-refractivity contribution < 1.29 is 18.5 Å². The summed E-state index contributed by atoms with van der Waals surface area (Å²) in [5.74, 6) is 0.418. The van der Waals surface area contributed by atoms with Crippen LogP contribution < -0.4 is 14.6 Å². The van der Waals surface area contributed by atoms with Gasteiger partial charge < -0.3 is 14.5 Å². The van der Waals surface area contributed by atoms with E-state index in [2.05, 4.69) is 11.9 Å². The number of fused-ring (bicyclic) bond motifs is 4. The summed E-state index contributed by atoms with van der Waals surface area (Å²) in [4.78, 5) is 12.8. The van der Waals surface area contributed by atoms with E-state index in [1.54, 1.807) is 13.3 Å². The van der Waals surface area contributed by atoms with E-state index < -0.39 is 0 Å². The van der Waals surface area contributed by atoms with E-state index in [9.17, 15) is 4.79 Å². The summed E-state index contributed by atoms with van der Waals surface area (Å²) in [6, 6.07) is 19.4. The van der Waals surface area contributed by atoms with E-state index in [1.165, 1.54) is 0 Å². The maximum absolute atomic E-state index is 12.8. The molecule has 0 saturated carbocycles. The Morgan fingerprint density at radius 1 is 1.13 bits per heavy atom. The number of methoxy groups -OCH3 is 1. The van der Waals surface area contributed by atoms with Gasteiger partial charge in [-0.05, 0) is 24.3 Å². The molecule has 1 N–H and O–H groups in total. The zero-order chi connectivity index (χ0) is 20.7. The van der Waals surface area contributed by atoms with Crippen LogP contribution in [0.3, 0.4) is 0 Å². The number of benzene rings is 3. The van der Waals surface area contributed by atoms with Crippen molar-refractivity contribution in [2.45, 2.75) is 6.54 Å². The van der Waals surface area contributed by atoms with Crippen molar-refractivity contribution in [3.63, 3.8) is 0 Å². The van der Waals surface area contributed by atoms with Crippen LogP contribution in [0.5, 0.6) is 5.75 Å². The molecule has 0 aliphatic rings. The van der Waals surface area contributed by atoms with Crippen LogP contribution in [0.2, 0.25) is 0 Å². The first-order valence-corrected chi connectivity index (χ1v) is 9.58. The normalized spacial score (nSPS) is 11.2. The van der Waals surface area contributed by atoms with Gasteiger partial charge in [0.1, 0.15) is 16.9 Å². The van der Waals surface area contributed by atoms with Gasteiger partial charge in [0, 0.05) is 16.8 Å². The molecule has 1 amide bonds. The Morgan fingerprint density at radius 2 is 1.93 bits per heavy atom. The van der Waals surface area contributed by atoms with Gasteiger partial charge in [-0.2, -0.15) is 0 Å². The third-order valence-corrected chi connectivity index (χ3v) is 5.22. The van der Waals surface area contributed by atoms with Crippen LogP contribution in [-0.2, 0) is 11.3 Å². The van der Waals surface area contributed by atoms with Crippen LogP contribution in [0.4, 0.5) is 5.69 Å². The second-order valence-electron chi connectivity index (χ2n) is 7.02. The minimum atomic E-state index is -0.166. The summed E-state index contributed by atoms with van der Waals surface area (Å²) >= 11 is 0. The molecule has 5 rings (SSSR count). The number of rotatable bonds is 5. The van der Waals surface area contributed by atoms with Gasteiger partial charge in [-0.1, -0.05) is 36.9 Å². The molecule has 0 unspecified atom stereocenters. The Balaban J connectivity index is 1.49. The molecule has 0 saturated heterocycles. The number of imidazole rings is 1. The van der Waals surface area contributed by atoms with E-state index in [0.29, 0.717) is 17.0 Å². The van der Waals surface area contributed by atoms with E-state index in [-0.39, 0.29) is 12.5 Å². The number of ether oxygens (including phenoxy) is 1. The summed E-state index contributed by atoms with van der Waals surface area (Å²) in [6.45, 7) is 3.99. The predicted molar refractivity (Wildman–Crippen MR) is 117 cm³/mol. The zero-order valence-electron chi connectivity index (χ0n) is 16.5. The number of anilines is 1. The van der Waals surface area contributed by atoms with Crippen LogP contribution in [0.25, 0.3) is 39.2 Å². The first kappa shape index (κ1) is 18.0. The highest BCUT2D eigenvalue weighted by Gasteiger charge is 2.18. The highest BCUT2D eigenvalue weighted by molar-refractivity contribution is 6.07. The lowest BCUT2D eigenvalue weighted by molar-refractivity contribution is -0.658. The quantitative estimate of drug-likeness (QED) is 0.441. The number of carbonyl (C=O) groups excluding carboxylic acids is 1. The van der Waals surface area contributed by atoms with Gasteiger partial charge in [0.05, 0.1) is 19.0 Å². The fraction of sp³-hybridized carbons (Fsp3) is 0.0833. The number of carbonyl (C=O) groups is 1. The first-order valence-electron chi connectivity index (χ1n) is 9.58. The first-order chi connectivity index (χ1) is 14.7. The van der Waals surface area contributed by atoms with Gasteiger partial charge in [-0.25, -0.2) is 9.13 Å². The Morgan fingerprint density at radius 3 is 2.77 bits per heavy atom. The molecule has 6 heteroatoms. The van der Waals surface area contributed by atoms with Gasteiger partial charge in [0.25, 0.3) is 5.91 Å². The Kier molecular flexibility index (Phi) is 4.25. The number of furan rings is 1. The molecule has 3 aromatic carbocycles. The van der Waals surface area contributed by atoms with E-state index in [0.717, 1.165) is 27.4 Å². The molecule has 0 spiro atoms. The van der Waals surface area contributed by atoms with Crippen molar-refractivity contribution >= 4 is 50.8 Å². The fourth-order valence-corrected chi connectivity index (χ4v) is 3.83. The number of nitrogens with one attached hydrogen (secondary N) is 1. The van der Waals surface area contributed by atoms with Gasteiger partial charge in [-0.15, -0.1) is 0 Å². The van der Waals surface area contributed by atoms with Crippen molar-refractivity contribution in [1.82, 2.24) is 4.57 Å². The summed E-state index contributed by atoms with van der Waals surface area (Å²) in [7, 11) is 1.59. The van der Waals surface area contributed by atoms with E-state index >= 15 is 0 Å². The van der Waals surface area contributed by atoms with Gasteiger partial charge in [0.15, 0.2) is 17.6 Å². The summed E-state index contributed by atoms with van der Waals surface area (Å²) < 4.78 is 15.3. The number of para-hydroxylation sites is 3. The van der Waals surface area contributed by atoms with Crippen molar-refractivity contribution in [3.05, 3.63) is 73.6 Å². The largest absolute Gasteiger partial charge is 0.495 e. The highest BCUT2D eigenvalue weighted by atomic mass is 16.5. The van der Waals surface area contributed by atoms with Crippen molar-refractivity contribution in [3.8, 4) is 5.75 Å². The maximum Gasteiger partial charge on any atom is 0.266 e. The molecule has 0 atom stereocenters. The van der Waals surface area contributed by atoms with Gasteiger partial charge in [0.2, 0.25) is 6.33 Å². The van der Waals surface area contributed by atoms with Crippen molar-refractivity contribution in [2.24, 2.45) is 0 Å². The number of hydrogen-bond acceptors (Lipinski definition) is 3. The summed E-state index contributed by atoms with van der Waals surface area (Å²) in [6.07, 6.45) is 3.58. The molecule has 0 aliphatic heterocycles. The average Bonchev–Trinajstić information content (AvgIpc) is 3.30. The molecule has 0 bridgehead atoms. The molecular weight excluding hydrogens is 378 g/mol. The summed E-state index contributed by atoms with van der Waals surface area (Å²) in [5, 5.41) is 4.92. The van der Waals surface area contributed by atoms with Gasteiger partial charge >= 0.3 is 0 Å². The third kappa shape index (κ3) is 2.90. The fourth-order valence-electron chi connectivity index (χ4n) is 3.83. The average molecular weight is 398 g/mol. The van der Waals surface area contributed by atoms with Crippen LogP contribution in [0.1, 0.15) is 0 Å². The Bertz CT molecular complexity index is 1430. The van der Waals surface area contributed by atoms with Crippen LogP contribution in [-0.4, -0.2) is 17.6 Å². The number of hydrogen-bond donors (Lipinski definition) is 1. The molecule has 0 aliphatic carbocycles. The van der Waals surface area contributed by atoms with Gasteiger partial charge in [-0.3, -0.25) is 4.79 Å². The second-order valence-corrected chi connectivity index (χ2v) is 7.02. The third-order valence-electron chi connectivity index (χ3n) is 5.22. The minimum Gasteiger partial charge on any atom is -0.495 e. The summed E-state index contributed by atoms with van der Waals surface area (Å²) in [5.41, 5.74) is 4.00. The molecule has 148 valence electrons. The lowest BCUT2D eigenvalue weighted by Crippen LogP contribution is -2.39.